The third-order valence-electron chi connectivity index (χ3n) is 3.71. The summed E-state index contributed by atoms with van der Waals surface area (Å²) in [5.41, 5.74) is 8.36. The highest BCUT2D eigenvalue weighted by molar-refractivity contribution is 5.91. The Morgan fingerprint density at radius 1 is 1.22 bits per heavy atom. The molecule has 0 bridgehead atoms. The zero-order valence-electron chi connectivity index (χ0n) is 13.7. The average Bonchev–Trinajstić information content (AvgIpc) is 2.54. The van der Waals surface area contributed by atoms with Crippen LogP contribution in [-0.4, -0.2) is 12.0 Å². The van der Waals surface area contributed by atoms with Crippen LogP contribution in [0.3, 0.4) is 0 Å². The molecule has 2 rings (SSSR count). The second kappa shape index (κ2) is 8.22. The number of nitrogens with two attached hydrogens (primary N) is 1. The standard InChI is InChI=1S/C19H24N2O2/c1-3-14(2)23-17-9-6-8-16(13-17)21-19(22)12-11-15-7-4-5-10-18(15)20/h4-10,13-14H,3,11-12,20H2,1-2H3,(H,21,22). The lowest BCUT2D eigenvalue weighted by atomic mass is 10.1. The Hall–Kier alpha value is -2.49. The van der Waals surface area contributed by atoms with Gasteiger partial charge in [-0.05, 0) is 43.5 Å². The molecule has 4 heteroatoms. The first-order valence-corrected chi connectivity index (χ1v) is 7.98. The van der Waals surface area contributed by atoms with Crippen molar-refractivity contribution in [2.75, 3.05) is 11.1 Å². The highest BCUT2D eigenvalue weighted by Gasteiger charge is 2.07. The van der Waals surface area contributed by atoms with Crippen molar-refractivity contribution in [2.24, 2.45) is 0 Å². The maximum Gasteiger partial charge on any atom is 0.224 e. The Morgan fingerprint density at radius 3 is 2.74 bits per heavy atom. The second-order valence-corrected chi connectivity index (χ2v) is 5.61. The molecular formula is C19H24N2O2. The summed E-state index contributed by atoms with van der Waals surface area (Å²) >= 11 is 0. The molecule has 0 saturated carbocycles. The van der Waals surface area contributed by atoms with Gasteiger partial charge in [-0.15, -0.1) is 0 Å². The van der Waals surface area contributed by atoms with E-state index in [2.05, 4.69) is 12.2 Å². The minimum atomic E-state index is -0.0334. The van der Waals surface area contributed by atoms with Gasteiger partial charge in [0.25, 0.3) is 0 Å². The lowest BCUT2D eigenvalue weighted by Crippen LogP contribution is -2.13. The first kappa shape index (κ1) is 16.9. The van der Waals surface area contributed by atoms with Crippen LogP contribution in [-0.2, 0) is 11.2 Å². The lowest BCUT2D eigenvalue weighted by molar-refractivity contribution is -0.116. The maximum absolute atomic E-state index is 12.1. The molecule has 0 aliphatic heterocycles. The molecule has 1 atom stereocenters. The van der Waals surface area contributed by atoms with E-state index in [9.17, 15) is 4.79 Å². The number of anilines is 2. The van der Waals surface area contributed by atoms with Gasteiger partial charge >= 0.3 is 0 Å². The summed E-state index contributed by atoms with van der Waals surface area (Å²) in [6.07, 6.45) is 2.11. The highest BCUT2D eigenvalue weighted by atomic mass is 16.5. The molecule has 1 unspecified atom stereocenters. The molecule has 0 saturated heterocycles. The molecule has 2 aromatic carbocycles. The molecule has 23 heavy (non-hydrogen) atoms. The highest BCUT2D eigenvalue weighted by Crippen LogP contribution is 2.20. The van der Waals surface area contributed by atoms with Crippen molar-refractivity contribution in [2.45, 2.75) is 39.2 Å². The van der Waals surface area contributed by atoms with E-state index in [1.54, 1.807) is 0 Å². The Balaban J connectivity index is 1.90. The Kier molecular flexibility index (Phi) is 6.03. The van der Waals surface area contributed by atoms with Gasteiger partial charge in [-0.3, -0.25) is 4.79 Å². The van der Waals surface area contributed by atoms with Crippen LogP contribution in [0.2, 0.25) is 0 Å². The summed E-state index contributed by atoms with van der Waals surface area (Å²) in [7, 11) is 0. The molecule has 0 aliphatic rings. The number of nitrogen functional groups attached to an aromatic ring is 1. The van der Waals surface area contributed by atoms with E-state index in [1.807, 2.05) is 55.5 Å². The zero-order chi connectivity index (χ0) is 16.7. The van der Waals surface area contributed by atoms with Gasteiger partial charge in [-0.2, -0.15) is 0 Å². The van der Waals surface area contributed by atoms with Gasteiger partial charge in [-0.25, -0.2) is 0 Å². The number of amides is 1. The summed E-state index contributed by atoms with van der Waals surface area (Å²) in [4.78, 5) is 12.1. The molecular weight excluding hydrogens is 288 g/mol. The minimum absolute atomic E-state index is 0.0334. The Labute approximate surface area is 137 Å². The van der Waals surface area contributed by atoms with Crippen molar-refractivity contribution in [3.05, 3.63) is 54.1 Å². The lowest BCUT2D eigenvalue weighted by Gasteiger charge is -2.13. The van der Waals surface area contributed by atoms with E-state index in [4.69, 9.17) is 10.5 Å². The Bertz CT molecular complexity index is 655. The molecule has 0 spiro atoms. The van der Waals surface area contributed by atoms with Gasteiger partial charge in [0.15, 0.2) is 0 Å². The largest absolute Gasteiger partial charge is 0.491 e. The van der Waals surface area contributed by atoms with Crippen molar-refractivity contribution in [1.82, 2.24) is 0 Å². The normalized spacial score (nSPS) is 11.7. The van der Waals surface area contributed by atoms with E-state index >= 15 is 0 Å². The average molecular weight is 312 g/mol. The SMILES string of the molecule is CCC(C)Oc1cccc(NC(=O)CCc2ccccc2N)c1. The van der Waals surface area contributed by atoms with Crippen LogP contribution in [0.15, 0.2) is 48.5 Å². The molecule has 0 radical (unpaired) electrons. The third-order valence-corrected chi connectivity index (χ3v) is 3.71. The number of aryl methyl sites for hydroxylation is 1. The number of carbonyl (C=O) groups is 1. The van der Waals surface area contributed by atoms with Gasteiger partial charge in [-0.1, -0.05) is 31.2 Å². The van der Waals surface area contributed by atoms with Crippen LogP contribution in [0.1, 0.15) is 32.3 Å². The number of benzene rings is 2. The maximum atomic E-state index is 12.1. The van der Waals surface area contributed by atoms with Gasteiger partial charge in [0.2, 0.25) is 5.91 Å². The molecule has 122 valence electrons. The van der Waals surface area contributed by atoms with Crippen molar-refractivity contribution >= 4 is 17.3 Å². The van der Waals surface area contributed by atoms with Gasteiger partial charge in [0.05, 0.1) is 6.10 Å². The molecule has 0 aliphatic carbocycles. The third kappa shape index (κ3) is 5.33. The molecule has 0 heterocycles. The predicted octanol–water partition coefficient (Wildman–Crippen LogP) is 4.02. The predicted molar refractivity (Wildman–Crippen MR) is 94.6 cm³/mol. The van der Waals surface area contributed by atoms with E-state index < -0.39 is 0 Å². The van der Waals surface area contributed by atoms with Crippen molar-refractivity contribution in [3.8, 4) is 5.75 Å². The first-order chi connectivity index (χ1) is 11.1. The second-order valence-electron chi connectivity index (χ2n) is 5.61. The molecule has 4 nitrogen and oxygen atoms in total. The van der Waals surface area contributed by atoms with E-state index in [0.29, 0.717) is 12.8 Å². The number of hydrogen-bond acceptors (Lipinski definition) is 3. The summed E-state index contributed by atoms with van der Waals surface area (Å²) < 4.78 is 5.76. The molecule has 0 fully saturated rings. The van der Waals surface area contributed by atoms with Crippen LogP contribution in [0, 0.1) is 0 Å². The fourth-order valence-corrected chi connectivity index (χ4v) is 2.20. The zero-order valence-corrected chi connectivity index (χ0v) is 13.7. The monoisotopic (exact) mass is 312 g/mol. The fraction of sp³-hybridized carbons (Fsp3) is 0.316. The van der Waals surface area contributed by atoms with E-state index in [-0.39, 0.29) is 12.0 Å². The molecule has 1 amide bonds. The van der Waals surface area contributed by atoms with Crippen LogP contribution in [0.4, 0.5) is 11.4 Å². The van der Waals surface area contributed by atoms with Crippen LogP contribution in [0.25, 0.3) is 0 Å². The van der Waals surface area contributed by atoms with Gasteiger partial charge < -0.3 is 15.8 Å². The van der Waals surface area contributed by atoms with Crippen molar-refractivity contribution in [1.29, 1.82) is 0 Å². The summed E-state index contributed by atoms with van der Waals surface area (Å²) in [5.74, 6) is 0.735. The topological polar surface area (TPSA) is 64.3 Å². The number of hydrogen-bond donors (Lipinski definition) is 2. The van der Waals surface area contributed by atoms with Gasteiger partial charge in [0.1, 0.15) is 5.75 Å². The summed E-state index contributed by atoms with van der Waals surface area (Å²) in [5, 5.41) is 2.90. The van der Waals surface area contributed by atoms with Crippen LogP contribution < -0.4 is 15.8 Å². The number of nitrogens with one attached hydrogen (secondary N) is 1. The number of para-hydroxylation sites is 1. The van der Waals surface area contributed by atoms with E-state index in [1.165, 1.54) is 0 Å². The number of rotatable bonds is 7. The van der Waals surface area contributed by atoms with Crippen LogP contribution in [0.5, 0.6) is 5.75 Å². The molecule has 3 N–H and O–H groups in total. The fourth-order valence-electron chi connectivity index (χ4n) is 2.20. The minimum Gasteiger partial charge on any atom is -0.491 e. The smallest absolute Gasteiger partial charge is 0.224 e. The van der Waals surface area contributed by atoms with Crippen LogP contribution >= 0.6 is 0 Å². The molecule has 0 aromatic heterocycles. The number of carbonyl (C=O) groups excluding carboxylic acids is 1. The Morgan fingerprint density at radius 2 is 2.00 bits per heavy atom. The van der Waals surface area contributed by atoms with Crippen molar-refractivity contribution in [3.63, 3.8) is 0 Å². The first-order valence-electron chi connectivity index (χ1n) is 7.98. The summed E-state index contributed by atoms with van der Waals surface area (Å²) in [6, 6.07) is 15.1. The number of ether oxygens (including phenoxy) is 1. The van der Waals surface area contributed by atoms with Crippen molar-refractivity contribution < 1.29 is 9.53 Å². The molecule has 2 aromatic rings. The van der Waals surface area contributed by atoms with E-state index in [0.717, 1.165) is 29.1 Å². The quantitative estimate of drug-likeness (QED) is 0.759. The van der Waals surface area contributed by atoms with Gasteiger partial charge in [0, 0.05) is 23.9 Å². The summed E-state index contributed by atoms with van der Waals surface area (Å²) in [6.45, 7) is 4.10.